The highest BCUT2D eigenvalue weighted by Crippen LogP contribution is 2.04. The number of hydrogen-bond acceptors (Lipinski definition) is 4. The van der Waals surface area contributed by atoms with Crippen molar-refractivity contribution in [3.8, 4) is 0 Å². The number of halogens is 1. The monoisotopic (exact) mass is 525 g/mol. The Bertz CT molecular complexity index is 769. The number of carbonyl (C=O) groups excluding carboxylic acids is 1. The molecule has 0 bridgehead atoms. The number of anilines is 1. The zero-order chi connectivity index (χ0) is 20.9. The van der Waals surface area contributed by atoms with E-state index in [0.29, 0.717) is 43.9 Å². The van der Waals surface area contributed by atoms with E-state index in [1.54, 1.807) is 19.3 Å². The highest BCUT2D eigenvalue weighted by Gasteiger charge is 2.07. The van der Waals surface area contributed by atoms with Gasteiger partial charge >= 0.3 is 0 Å². The van der Waals surface area contributed by atoms with Crippen molar-refractivity contribution in [2.24, 2.45) is 10.9 Å². The van der Waals surface area contributed by atoms with Crippen molar-refractivity contribution in [1.82, 2.24) is 15.6 Å². The van der Waals surface area contributed by atoms with Crippen LogP contribution in [0.25, 0.3) is 0 Å². The molecule has 0 saturated heterocycles. The Labute approximate surface area is 196 Å². The molecule has 1 aromatic heterocycles. The van der Waals surface area contributed by atoms with E-state index >= 15 is 0 Å². The van der Waals surface area contributed by atoms with Gasteiger partial charge in [-0.25, -0.2) is 4.98 Å². The summed E-state index contributed by atoms with van der Waals surface area (Å²) in [7, 11) is 1.71. The second kappa shape index (κ2) is 14.7. The summed E-state index contributed by atoms with van der Waals surface area (Å²) < 4.78 is 5.76. The van der Waals surface area contributed by atoms with Crippen molar-refractivity contribution in [3.63, 3.8) is 0 Å². The number of guanidine groups is 1. The molecule has 0 saturated carbocycles. The van der Waals surface area contributed by atoms with Crippen LogP contribution in [0.4, 0.5) is 5.82 Å². The van der Waals surface area contributed by atoms with Gasteiger partial charge in [0.2, 0.25) is 5.91 Å². The topological polar surface area (TPSA) is 87.6 Å². The van der Waals surface area contributed by atoms with Gasteiger partial charge in [0, 0.05) is 32.8 Å². The van der Waals surface area contributed by atoms with E-state index in [9.17, 15) is 4.79 Å². The van der Waals surface area contributed by atoms with Crippen molar-refractivity contribution in [3.05, 3.63) is 59.8 Å². The fraction of sp³-hybridized carbons (Fsp3) is 0.409. The highest BCUT2D eigenvalue weighted by molar-refractivity contribution is 14.0. The summed E-state index contributed by atoms with van der Waals surface area (Å²) in [5.41, 5.74) is 2.23. The lowest BCUT2D eigenvalue weighted by molar-refractivity contribution is -0.116. The zero-order valence-electron chi connectivity index (χ0n) is 17.9. The first-order chi connectivity index (χ1) is 14.1. The van der Waals surface area contributed by atoms with Gasteiger partial charge in [-0.05, 0) is 30.0 Å². The predicted molar refractivity (Wildman–Crippen MR) is 132 cm³/mol. The van der Waals surface area contributed by atoms with Gasteiger partial charge in [-0.1, -0.05) is 43.3 Å². The fourth-order valence-electron chi connectivity index (χ4n) is 2.54. The van der Waals surface area contributed by atoms with Crippen LogP contribution in [0.1, 0.15) is 24.5 Å². The molecule has 0 aliphatic rings. The van der Waals surface area contributed by atoms with Crippen molar-refractivity contribution >= 4 is 41.7 Å². The first-order valence-electron chi connectivity index (χ1n) is 9.85. The van der Waals surface area contributed by atoms with Gasteiger partial charge in [-0.3, -0.25) is 9.79 Å². The van der Waals surface area contributed by atoms with Crippen LogP contribution in [0.3, 0.4) is 0 Å². The molecule has 0 aliphatic heterocycles. The maximum absolute atomic E-state index is 12.0. The molecule has 1 heterocycles. The average Bonchev–Trinajstić information content (AvgIpc) is 2.73. The Balaban J connectivity index is 0.00000450. The zero-order valence-corrected chi connectivity index (χ0v) is 20.2. The maximum atomic E-state index is 12.0. The first-order valence-corrected chi connectivity index (χ1v) is 9.85. The lowest BCUT2D eigenvalue weighted by Gasteiger charge is -2.16. The summed E-state index contributed by atoms with van der Waals surface area (Å²) in [4.78, 5) is 20.4. The molecule has 0 fully saturated rings. The molecule has 8 heteroatoms. The van der Waals surface area contributed by atoms with Crippen molar-refractivity contribution in [2.45, 2.75) is 26.9 Å². The summed E-state index contributed by atoms with van der Waals surface area (Å²) >= 11 is 0. The molecule has 1 atom stereocenters. The molecule has 2 aromatic rings. The SMILES string of the molecule is CN=C(NCCC(=O)Nc1ccc(C)cn1)NCC(C)COCc1ccccc1.I. The number of rotatable bonds is 10. The number of pyridine rings is 1. The van der Waals surface area contributed by atoms with Gasteiger partial charge in [-0.2, -0.15) is 0 Å². The molecule has 0 spiro atoms. The van der Waals surface area contributed by atoms with Crippen molar-refractivity contribution in [2.75, 3.05) is 32.1 Å². The quantitative estimate of drug-likeness (QED) is 0.252. The minimum absolute atomic E-state index is 0. The lowest BCUT2D eigenvalue weighted by Crippen LogP contribution is -2.41. The van der Waals surface area contributed by atoms with Gasteiger partial charge in [0.05, 0.1) is 13.2 Å². The Morgan fingerprint density at radius 3 is 2.60 bits per heavy atom. The lowest BCUT2D eigenvalue weighted by atomic mass is 10.2. The number of nitrogens with zero attached hydrogens (tertiary/aromatic N) is 2. The van der Waals surface area contributed by atoms with Crippen LogP contribution in [0.2, 0.25) is 0 Å². The molecule has 0 radical (unpaired) electrons. The Kier molecular flexibility index (Phi) is 12.7. The third kappa shape index (κ3) is 10.5. The molecular formula is C22H32IN5O2. The molecule has 2 rings (SSSR count). The first kappa shape index (κ1) is 25.8. The van der Waals surface area contributed by atoms with Crippen LogP contribution in [-0.4, -0.2) is 43.6 Å². The molecule has 1 unspecified atom stereocenters. The molecule has 1 amide bonds. The third-order valence-corrected chi connectivity index (χ3v) is 4.18. The Morgan fingerprint density at radius 2 is 1.93 bits per heavy atom. The summed E-state index contributed by atoms with van der Waals surface area (Å²) in [5.74, 6) is 1.47. The number of amides is 1. The standard InChI is InChI=1S/C22H31N5O2.HI/c1-17-9-10-20(25-13-17)27-21(28)11-12-24-22(23-3)26-14-18(2)15-29-16-19-7-5-4-6-8-19;/h4-10,13,18H,11-12,14-16H2,1-3H3,(H2,23,24,26)(H,25,27,28);1H. The Morgan fingerprint density at radius 1 is 1.17 bits per heavy atom. The second-order valence-electron chi connectivity index (χ2n) is 7.00. The summed E-state index contributed by atoms with van der Waals surface area (Å²) in [6, 6.07) is 13.8. The van der Waals surface area contributed by atoms with E-state index in [1.165, 1.54) is 5.56 Å². The van der Waals surface area contributed by atoms with Gasteiger partial charge in [-0.15, -0.1) is 24.0 Å². The normalized spacial score (nSPS) is 11.9. The smallest absolute Gasteiger partial charge is 0.227 e. The number of aliphatic imine (C=N–C) groups is 1. The predicted octanol–water partition coefficient (Wildman–Crippen LogP) is 3.35. The van der Waals surface area contributed by atoms with Gasteiger partial charge in [0.25, 0.3) is 0 Å². The minimum Gasteiger partial charge on any atom is -0.376 e. The number of hydrogen-bond donors (Lipinski definition) is 3. The highest BCUT2D eigenvalue weighted by atomic mass is 127. The van der Waals surface area contributed by atoms with E-state index < -0.39 is 0 Å². The van der Waals surface area contributed by atoms with E-state index in [1.807, 2.05) is 31.2 Å². The molecule has 164 valence electrons. The number of ether oxygens (including phenoxy) is 1. The van der Waals surface area contributed by atoms with E-state index in [2.05, 4.69) is 45.0 Å². The van der Waals surface area contributed by atoms with Gasteiger partial charge < -0.3 is 20.7 Å². The summed E-state index contributed by atoms with van der Waals surface area (Å²) in [5, 5.41) is 9.19. The van der Waals surface area contributed by atoms with Crippen LogP contribution in [-0.2, 0) is 16.1 Å². The second-order valence-corrected chi connectivity index (χ2v) is 7.00. The summed E-state index contributed by atoms with van der Waals surface area (Å²) in [6.45, 7) is 6.56. The average molecular weight is 525 g/mol. The van der Waals surface area contributed by atoms with Crippen molar-refractivity contribution < 1.29 is 9.53 Å². The van der Waals surface area contributed by atoms with E-state index in [0.717, 1.165) is 12.1 Å². The minimum atomic E-state index is -0.0908. The van der Waals surface area contributed by atoms with Crippen molar-refractivity contribution in [1.29, 1.82) is 0 Å². The van der Waals surface area contributed by atoms with E-state index in [-0.39, 0.29) is 29.9 Å². The van der Waals surface area contributed by atoms with Crippen LogP contribution in [0.5, 0.6) is 0 Å². The molecule has 1 aromatic carbocycles. The molecule has 7 nitrogen and oxygen atoms in total. The van der Waals surface area contributed by atoms with Crippen LogP contribution in [0.15, 0.2) is 53.7 Å². The molecular weight excluding hydrogens is 493 g/mol. The number of nitrogens with one attached hydrogen (secondary N) is 3. The van der Waals surface area contributed by atoms with Crippen LogP contribution in [0, 0.1) is 12.8 Å². The summed E-state index contributed by atoms with van der Waals surface area (Å²) in [6.07, 6.45) is 2.05. The van der Waals surface area contributed by atoms with Gasteiger partial charge in [0.1, 0.15) is 5.82 Å². The molecule has 30 heavy (non-hydrogen) atoms. The van der Waals surface area contributed by atoms with E-state index in [4.69, 9.17) is 4.74 Å². The third-order valence-electron chi connectivity index (χ3n) is 4.18. The fourth-order valence-corrected chi connectivity index (χ4v) is 2.54. The maximum Gasteiger partial charge on any atom is 0.227 e. The largest absolute Gasteiger partial charge is 0.376 e. The number of carbonyl (C=O) groups is 1. The number of aryl methyl sites for hydroxylation is 1. The molecule has 0 aliphatic carbocycles. The number of benzene rings is 1. The molecule has 3 N–H and O–H groups in total. The van der Waals surface area contributed by atoms with Gasteiger partial charge in [0.15, 0.2) is 5.96 Å². The Hall–Kier alpha value is -2.20. The number of aromatic nitrogens is 1. The van der Waals surface area contributed by atoms with Crippen LogP contribution >= 0.6 is 24.0 Å². The van der Waals surface area contributed by atoms with Crippen LogP contribution < -0.4 is 16.0 Å².